The third-order valence-corrected chi connectivity index (χ3v) is 4.97. The summed E-state index contributed by atoms with van der Waals surface area (Å²) in [6.45, 7) is 2.25. The molecule has 0 saturated heterocycles. The van der Waals surface area contributed by atoms with Gasteiger partial charge in [-0.1, -0.05) is 102 Å². The highest BCUT2D eigenvalue weighted by atomic mass is 16.4. The molecule has 1 aromatic carbocycles. The molecular formula is C23H36O3. The molecule has 26 heavy (non-hydrogen) atoms. The van der Waals surface area contributed by atoms with E-state index in [0.717, 1.165) is 12.8 Å². The first-order valence-electron chi connectivity index (χ1n) is 10.5. The molecule has 1 rings (SSSR count). The minimum atomic E-state index is -1.03. The molecule has 146 valence electrons. The number of carbonyl (C=O) groups is 2. The summed E-state index contributed by atoms with van der Waals surface area (Å²) in [5.41, 5.74) is 0.464. The van der Waals surface area contributed by atoms with Crippen LogP contribution in [-0.4, -0.2) is 16.9 Å². The molecule has 0 aromatic heterocycles. The Labute approximate surface area is 159 Å². The summed E-state index contributed by atoms with van der Waals surface area (Å²) in [4.78, 5) is 23.4. The Hall–Kier alpha value is -1.64. The van der Waals surface area contributed by atoms with E-state index in [-0.39, 0.29) is 11.3 Å². The number of unbranched alkanes of at least 4 members (excludes halogenated alkanes) is 12. The van der Waals surface area contributed by atoms with Gasteiger partial charge in [-0.05, 0) is 12.5 Å². The summed E-state index contributed by atoms with van der Waals surface area (Å²) >= 11 is 0. The number of rotatable bonds is 16. The highest BCUT2D eigenvalue weighted by Crippen LogP contribution is 2.16. The first-order chi connectivity index (χ1) is 12.7. The molecule has 0 bridgehead atoms. The maximum atomic E-state index is 12.2. The van der Waals surface area contributed by atoms with Gasteiger partial charge in [-0.25, -0.2) is 4.79 Å². The van der Waals surface area contributed by atoms with Crippen LogP contribution in [0.4, 0.5) is 0 Å². The second-order valence-corrected chi connectivity index (χ2v) is 7.27. The normalized spacial score (nSPS) is 10.8. The first-order valence-corrected chi connectivity index (χ1v) is 10.5. The molecule has 1 aromatic rings. The summed E-state index contributed by atoms with van der Waals surface area (Å²) in [6, 6.07) is 6.50. The van der Waals surface area contributed by atoms with Gasteiger partial charge in [0.15, 0.2) is 5.78 Å². The van der Waals surface area contributed by atoms with Crippen LogP contribution in [0.5, 0.6) is 0 Å². The summed E-state index contributed by atoms with van der Waals surface area (Å²) in [6.07, 6.45) is 17.0. The van der Waals surface area contributed by atoms with Gasteiger partial charge in [0.2, 0.25) is 0 Å². The van der Waals surface area contributed by atoms with Crippen molar-refractivity contribution in [2.24, 2.45) is 0 Å². The van der Waals surface area contributed by atoms with Gasteiger partial charge in [-0.3, -0.25) is 4.79 Å². The number of hydrogen-bond donors (Lipinski definition) is 1. The van der Waals surface area contributed by atoms with Gasteiger partial charge < -0.3 is 5.11 Å². The third kappa shape index (κ3) is 9.74. The molecule has 3 heteroatoms. The highest BCUT2D eigenvalue weighted by Gasteiger charge is 2.14. The van der Waals surface area contributed by atoms with Crippen molar-refractivity contribution in [2.75, 3.05) is 0 Å². The van der Waals surface area contributed by atoms with Gasteiger partial charge in [0.1, 0.15) is 0 Å². The zero-order chi connectivity index (χ0) is 19.0. The Morgan fingerprint density at radius 1 is 0.692 bits per heavy atom. The fraction of sp³-hybridized carbons (Fsp3) is 0.652. The first kappa shape index (κ1) is 22.4. The van der Waals surface area contributed by atoms with Crippen LogP contribution in [0.15, 0.2) is 24.3 Å². The topological polar surface area (TPSA) is 54.4 Å². The van der Waals surface area contributed by atoms with Crippen molar-refractivity contribution < 1.29 is 14.7 Å². The van der Waals surface area contributed by atoms with Gasteiger partial charge >= 0.3 is 5.97 Å². The number of carboxylic acid groups (broad SMARTS) is 1. The van der Waals surface area contributed by atoms with Crippen molar-refractivity contribution in [1.82, 2.24) is 0 Å². The molecule has 0 unspecified atom stereocenters. The lowest BCUT2D eigenvalue weighted by Crippen LogP contribution is -2.08. The van der Waals surface area contributed by atoms with E-state index in [1.54, 1.807) is 18.2 Å². The lowest BCUT2D eigenvalue weighted by atomic mass is 9.99. The highest BCUT2D eigenvalue weighted by molar-refractivity contribution is 6.05. The molecule has 0 aliphatic rings. The van der Waals surface area contributed by atoms with Gasteiger partial charge in [-0.2, -0.15) is 0 Å². The number of hydrogen-bond acceptors (Lipinski definition) is 2. The zero-order valence-electron chi connectivity index (χ0n) is 16.5. The molecule has 3 nitrogen and oxygen atoms in total. The largest absolute Gasteiger partial charge is 0.478 e. The smallest absolute Gasteiger partial charge is 0.336 e. The van der Waals surface area contributed by atoms with Crippen LogP contribution in [0.1, 0.15) is 118 Å². The predicted octanol–water partition coefficient (Wildman–Crippen LogP) is 7.05. The van der Waals surface area contributed by atoms with E-state index < -0.39 is 5.97 Å². The number of aromatic carboxylic acids is 1. The Morgan fingerprint density at radius 2 is 1.12 bits per heavy atom. The van der Waals surface area contributed by atoms with Crippen LogP contribution in [-0.2, 0) is 0 Å². The van der Waals surface area contributed by atoms with Crippen molar-refractivity contribution in [2.45, 2.75) is 96.8 Å². The van der Waals surface area contributed by atoms with Crippen molar-refractivity contribution in [3.8, 4) is 0 Å². The fourth-order valence-corrected chi connectivity index (χ4v) is 3.35. The maximum Gasteiger partial charge on any atom is 0.336 e. The summed E-state index contributed by atoms with van der Waals surface area (Å²) < 4.78 is 0. The standard InChI is InChI=1S/C23H36O3/c1-2-3-4-5-6-7-8-9-10-11-12-13-14-19-22(24)20-17-15-16-18-21(20)23(25)26/h15-18H,2-14,19H2,1H3,(H,25,26). The van der Waals surface area contributed by atoms with E-state index in [1.807, 2.05) is 0 Å². The predicted molar refractivity (Wildman–Crippen MR) is 108 cm³/mol. The summed E-state index contributed by atoms with van der Waals surface area (Å²) in [5, 5.41) is 9.15. The third-order valence-electron chi connectivity index (χ3n) is 4.97. The molecule has 0 atom stereocenters. The molecule has 0 saturated carbocycles. The molecule has 0 amide bonds. The Morgan fingerprint density at radius 3 is 1.58 bits per heavy atom. The SMILES string of the molecule is CCCCCCCCCCCCCCCC(=O)c1ccccc1C(=O)O. The lowest BCUT2D eigenvalue weighted by Gasteiger charge is -2.05. The van der Waals surface area contributed by atoms with Crippen molar-refractivity contribution in [1.29, 1.82) is 0 Å². The maximum absolute atomic E-state index is 12.2. The van der Waals surface area contributed by atoms with Crippen LogP contribution < -0.4 is 0 Å². The Bertz CT molecular complexity index is 522. The monoisotopic (exact) mass is 360 g/mol. The number of ketones is 1. The molecular weight excluding hydrogens is 324 g/mol. The zero-order valence-corrected chi connectivity index (χ0v) is 16.5. The minimum absolute atomic E-state index is 0.0499. The van der Waals surface area contributed by atoms with E-state index in [9.17, 15) is 9.59 Å². The van der Waals surface area contributed by atoms with E-state index in [0.29, 0.717) is 12.0 Å². The second-order valence-electron chi connectivity index (χ2n) is 7.27. The van der Waals surface area contributed by atoms with Crippen molar-refractivity contribution in [3.05, 3.63) is 35.4 Å². The van der Waals surface area contributed by atoms with Crippen LogP contribution >= 0.6 is 0 Å². The molecule has 0 spiro atoms. The lowest BCUT2D eigenvalue weighted by molar-refractivity contribution is 0.0691. The number of carbonyl (C=O) groups excluding carboxylic acids is 1. The van der Waals surface area contributed by atoms with Crippen LogP contribution in [0.2, 0.25) is 0 Å². The van der Waals surface area contributed by atoms with Crippen LogP contribution in [0.25, 0.3) is 0 Å². The number of carboxylic acids is 1. The minimum Gasteiger partial charge on any atom is -0.478 e. The quantitative estimate of drug-likeness (QED) is 0.254. The van der Waals surface area contributed by atoms with Crippen molar-refractivity contribution in [3.63, 3.8) is 0 Å². The second kappa shape index (κ2) is 14.5. The Balaban J connectivity index is 2.01. The van der Waals surface area contributed by atoms with E-state index >= 15 is 0 Å². The number of Topliss-reactive ketones (excluding diaryl/α,β-unsaturated/α-hetero) is 1. The van der Waals surface area contributed by atoms with Gasteiger partial charge in [0.25, 0.3) is 0 Å². The van der Waals surface area contributed by atoms with Crippen LogP contribution in [0, 0.1) is 0 Å². The van der Waals surface area contributed by atoms with Gasteiger partial charge in [-0.15, -0.1) is 0 Å². The summed E-state index contributed by atoms with van der Waals surface area (Å²) in [5.74, 6) is -1.08. The fourth-order valence-electron chi connectivity index (χ4n) is 3.35. The molecule has 0 aliphatic heterocycles. The van der Waals surface area contributed by atoms with Gasteiger partial charge in [0, 0.05) is 12.0 Å². The molecule has 0 aliphatic carbocycles. The van der Waals surface area contributed by atoms with E-state index in [1.165, 1.54) is 76.7 Å². The molecule has 0 fully saturated rings. The van der Waals surface area contributed by atoms with Crippen molar-refractivity contribution >= 4 is 11.8 Å². The average Bonchev–Trinajstić information content (AvgIpc) is 2.65. The molecule has 0 heterocycles. The Kier molecular flexibility index (Phi) is 12.5. The molecule has 1 N–H and O–H groups in total. The van der Waals surface area contributed by atoms with E-state index in [4.69, 9.17) is 5.11 Å². The molecule has 0 radical (unpaired) electrons. The average molecular weight is 361 g/mol. The van der Waals surface area contributed by atoms with E-state index in [2.05, 4.69) is 6.92 Å². The van der Waals surface area contributed by atoms with Crippen LogP contribution in [0.3, 0.4) is 0 Å². The van der Waals surface area contributed by atoms with Gasteiger partial charge in [0.05, 0.1) is 5.56 Å². The number of benzene rings is 1. The summed E-state index contributed by atoms with van der Waals surface area (Å²) in [7, 11) is 0.